The third kappa shape index (κ3) is 4.45. The summed E-state index contributed by atoms with van der Waals surface area (Å²) < 4.78 is 5.29. The van der Waals surface area contributed by atoms with Crippen molar-refractivity contribution in [1.29, 1.82) is 0 Å². The van der Waals surface area contributed by atoms with Gasteiger partial charge in [-0.2, -0.15) is 0 Å². The summed E-state index contributed by atoms with van der Waals surface area (Å²) in [5.41, 5.74) is 0.430. The van der Waals surface area contributed by atoms with Crippen LogP contribution in [0.15, 0.2) is 30.3 Å². The number of carbonyl (C=O) groups is 1. The maximum atomic E-state index is 12.3. The summed E-state index contributed by atoms with van der Waals surface area (Å²) >= 11 is 0. The second-order valence-electron chi connectivity index (χ2n) is 6.24. The average molecular weight is 306 g/mol. The van der Waals surface area contributed by atoms with E-state index < -0.39 is 5.54 Å². The van der Waals surface area contributed by atoms with Crippen LogP contribution in [-0.2, 0) is 10.3 Å². The molecule has 1 atom stereocenters. The van der Waals surface area contributed by atoms with Gasteiger partial charge in [0.2, 0.25) is 0 Å². The first-order valence-electron chi connectivity index (χ1n) is 7.85. The van der Waals surface area contributed by atoms with E-state index in [0.29, 0.717) is 6.61 Å². The highest BCUT2D eigenvalue weighted by Crippen LogP contribution is 2.22. The van der Waals surface area contributed by atoms with E-state index in [1.807, 2.05) is 37.3 Å². The summed E-state index contributed by atoms with van der Waals surface area (Å²) in [5.74, 6) is 0. The summed E-state index contributed by atoms with van der Waals surface area (Å²) in [6.45, 7) is 2.35. The Kier molecular flexibility index (Phi) is 5.80. The van der Waals surface area contributed by atoms with Crippen LogP contribution in [-0.4, -0.2) is 37.0 Å². The van der Waals surface area contributed by atoms with Crippen molar-refractivity contribution in [2.45, 2.75) is 50.3 Å². The van der Waals surface area contributed by atoms with Gasteiger partial charge in [0.05, 0.1) is 18.2 Å². The first-order valence-corrected chi connectivity index (χ1v) is 7.85. The summed E-state index contributed by atoms with van der Waals surface area (Å²) in [5, 5.41) is 15.6. The number of nitrogens with one attached hydrogen (secondary N) is 2. The number of amides is 2. The Hall–Kier alpha value is -1.59. The van der Waals surface area contributed by atoms with Gasteiger partial charge >= 0.3 is 6.03 Å². The number of benzene rings is 1. The number of aliphatic hydroxyl groups excluding tert-OH is 1. The minimum Gasteiger partial charge on any atom is -0.393 e. The lowest BCUT2D eigenvalue weighted by Crippen LogP contribution is -2.53. The number of methoxy groups -OCH3 is 1. The molecule has 0 bridgehead atoms. The molecule has 3 N–H and O–H groups in total. The van der Waals surface area contributed by atoms with Crippen LogP contribution in [0.25, 0.3) is 0 Å². The van der Waals surface area contributed by atoms with Gasteiger partial charge in [0, 0.05) is 13.2 Å². The predicted molar refractivity (Wildman–Crippen MR) is 85.6 cm³/mol. The third-order valence-electron chi connectivity index (χ3n) is 4.27. The zero-order valence-corrected chi connectivity index (χ0v) is 13.3. The molecule has 2 amide bonds. The lowest BCUT2D eigenvalue weighted by Gasteiger charge is -2.33. The number of carbonyl (C=O) groups excluding carboxylic acids is 1. The van der Waals surface area contributed by atoms with Crippen molar-refractivity contribution in [3.8, 4) is 0 Å². The Balaban J connectivity index is 1.97. The molecule has 1 aromatic rings. The van der Waals surface area contributed by atoms with E-state index in [1.54, 1.807) is 7.11 Å². The molecule has 0 aromatic heterocycles. The van der Waals surface area contributed by atoms with Gasteiger partial charge in [-0.25, -0.2) is 4.79 Å². The molecule has 1 aliphatic carbocycles. The van der Waals surface area contributed by atoms with Gasteiger partial charge < -0.3 is 20.5 Å². The molecule has 5 nitrogen and oxygen atoms in total. The Morgan fingerprint density at radius 3 is 2.50 bits per heavy atom. The van der Waals surface area contributed by atoms with E-state index in [9.17, 15) is 9.90 Å². The molecule has 5 heteroatoms. The molecule has 1 aromatic carbocycles. The van der Waals surface area contributed by atoms with Gasteiger partial charge in [0.1, 0.15) is 0 Å². The first-order chi connectivity index (χ1) is 10.5. The molecule has 0 spiro atoms. The average Bonchev–Trinajstić information content (AvgIpc) is 2.50. The van der Waals surface area contributed by atoms with Crippen LogP contribution in [0.3, 0.4) is 0 Å². The van der Waals surface area contributed by atoms with Crippen LogP contribution in [0.2, 0.25) is 0 Å². The number of hydrogen-bond acceptors (Lipinski definition) is 3. The van der Waals surface area contributed by atoms with Gasteiger partial charge in [-0.15, -0.1) is 0 Å². The van der Waals surface area contributed by atoms with Gasteiger partial charge in [0.15, 0.2) is 0 Å². The fourth-order valence-corrected chi connectivity index (χ4v) is 2.98. The lowest BCUT2D eigenvalue weighted by atomic mass is 9.92. The van der Waals surface area contributed by atoms with Crippen molar-refractivity contribution in [3.63, 3.8) is 0 Å². The number of ether oxygens (including phenoxy) is 1. The van der Waals surface area contributed by atoms with Crippen LogP contribution in [0, 0.1) is 0 Å². The van der Waals surface area contributed by atoms with E-state index in [-0.39, 0.29) is 18.2 Å². The molecule has 22 heavy (non-hydrogen) atoms. The summed E-state index contributed by atoms with van der Waals surface area (Å²) in [7, 11) is 1.63. The molecule has 1 saturated carbocycles. The molecule has 1 unspecified atom stereocenters. The van der Waals surface area contributed by atoms with Gasteiger partial charge in [-0.3, -0.25) is 0 Å². The third-order valence-corrected chi connectivity index (χ3v) is 4.27. The summed E-state index contributed by atoms with van der Waals surface area (Å²) in [6.07, 6.45) is 2.92. The fourth-order valence-electron chi connectivity index (χ4n) is 2.98. The molecule has 0 saturated heterocycles. The molecule has 1 fully saturated rings. The largest absolute Gasteiger partial charge is 0.393 e. The van der Waals surface area contributed by atoms with E-state index >= 15 is 0 Å². The van der Waals surface area contributed by atoms with E-state index in [4.69, 9.17) is 4.74 Å². The second-order valence-corrected chi connectivity index (χ2v) is 6.24. The van der Waals surface area contributed by atoms with Crippen molar-refractivity contribution in [3.05, 3.63) is 35.9 Å². The molecular weight excluding hydrogens is 280 g/mol. The van der Waals surface area contributed by atoms with E-state index in [0.717, 1.165) is 31.2 Å². The van der Waals surface area contributed by atoms with E-state index in [2.05, 4.69) is 10.6 Å². The predicted octanol–water partition coefficient (Wildman–Crippen LogP) is 2.15. The van der Waals surface area contributed by atoms with Crippen molar-refractivity contribution in [2.75, 3.05) is 13.7 Å². The molecule has 2 rings (SSSR count). The number of aliphatic hydroxyl groups is 1. The number of urea groups is 1. The molecule has 1 aliphatic rings. The maximum Gasteiger partial charge on any atom is 0.315 e. The zero-order chi connectivity index (χ0) is 16.0. The van der Waals surface area contributed by atoms with Crippen molar-refractivity contribution in [2.24, 2.45) is 0 Å². The molecular formula is C17H26N2O3. The molecule has 0 radical (unpaired) electrons. The minimum absolute atomic E-state index is 0.131. The Labute approximate surface area is 132 Å². The van der Waals surface area contributed by atoms with Crippen LogP contribution in [0.1, 0.15) is 38.2 Å². The zero-order valence-electron chi connectivity index (χ0n) is 13.3. The monoisotopic (exact) mass is 306 g/mol. The number of rotatable bonds is 5. The van der Waals surface area contributed by atoms with Gasteiger partial charge in [-0.05, 0) is 38.2 Å². The first kappa shape index (κ1) is 16.8. The maximum absolute atomic E-state index is 12.3. The normalized spacial score (nSPS) is 24.3. The minimum atomic E-state index is -0.575. The van der Waals surface area contributed by atoms with E-state index in [1.165, 1.54) is 0 Å². The summed E-state index contributed by atoms with van der Waals surface area (Å²) in [6, 6.07) is 9.75. The van der Waals surface area contributed by atoms with Gasteiger partial charge in [0.25, 0.3) is 0 Å². The van der Waals surface area contributed by atoms with Crippen molar-refractivity contribution >= 4 is 6.03 Å². The van der Waals surface area contributed by atoms with Crippen LogP contribution in [0.4, 0.5) is 4.79 Å². The highest BCUT2D eigenvalue weighted by Gasteiger charge is 2.30. The SMILES string of the molecule is COCC(C)(NC(=O)NC1CCC(O)CC1)c1ccccc1. The smallest absolute Gasteiger partial charge is 0.315 e. The Bertz CT molecular complexity index is 472. The highest BCUT2D eigenvalue weighted by molar-refractivity contribution is 5.75. The second kappa shape index (κ2) is 7.61. The van der Waals surface area contributed by atoms with Crippen molar-refractivity contribution < 1.29 is 14.6 Å². The molecule has 122 valence electrons. The highest BCUT2D eigenvalue weighted by atomic mass is 16.5. The van der Waals surface area contributed by atoms with Crippen molar-refractivity contribution in [1.82, 2.24) is 10.6 Å². The Morgan fingerprint density at radius 2 is 1.91 bits per heavy atom. The molecule has 0 heterocycles. The topological polar surface area (TPSA) is 70.6 Å². The van der Waals surface area contributed by atoms with Crippen LogP contribution < -0.4 is 10.6 Å². The standard InChI is InChI=1S/C17H26N2O3/c1-17(12-22-2,13-6-4-3-5-7-13)19-16(21)18-14-8-10-15(20)11-9-14/h3-7,14-15,20H,8-12H2,1-2H3,(H2,18,19,21). The number of hydrogen-bond donors (Lipinski definition) is 3. The molecule has 0 aliphatic heterocycles. The quantitative estimate of drug-likeness (QED) is 0.780. The fraction of sp³-hybridized carbons (Fsp3) is 0.588. The lowest BCUT2D eigenvalue weighted by molar-refractivity contribution is 0.111. The summed E-state index contributed by atoms with van der Waals surface area (Å²) in [4.78, 5) is 12.3. The Morgan fingerprint density at radius 1 is 1.27 bits per heavy atom. The van der Waals surface area contributed by atoms with Crippen LogP contribution in [0.5, 0.6) is 0 Å². The van der Waals surface area contributed by atoms with Gasteiger partial charge in [-0.1, -0.05) is 30.3 Å². The van der Waals surface area contributed by atoms with Crippen LogP contribution >= 0.6 is 0 Å².